The Kier molecular flexibility index (Phi) is 10.5. The van der Waals surface area contributed by atoms with Gasteiger partial charge in [-0.1, -0.05) is 85.5 Å². The van der Waals surface area contributed by atoms with E-state index in [2.05, 4.69) is 27.7 Å². The fraction of sp³-hybridized carbons (Fsp3) is 1.00. The van der Waals surface area contributed by atoms with Gasteiger partial charge in [-0.3, -0.25) is 0 Å². The Morgan fingerprint density at radius 1 is 0.667 bits per heavy atom. The molecule has 0 nitrogen and oxygen atoms in total. The molecule has 92 valence electrons. The van der Waals surface area contributed by atoms with E-state index >= 15 is 0 Å². The first kappa shape index (κ1) is 15.0. The molecule has 0 heteroatoms. The van der Waals surface area contributed by atoms with E-state index in [1.54, 1.807) is 0 Å². The zero-order valence-corrected chi connectivity index (χ0v) is 11.5. The summed E-state index contributed by atoms with van der Waals surface area (Å²) in [5, 5.41) is 0. The summed E-state index contributed by atoms with van der Waals surface area (Å²) in [5.74, 6) is 1.85. The van der Waals surface area contributed by atoms with E-state index in [9.17, 15) is 0 Å². The maximum absolute atomic E-state index is 2.38. The summed E-state index contributed by atoms with van der Waals surface area (Å²) in [4.78, 5) is 0. The minimum Gasteiger partial charge on any atom is -0.0651 e. The van der Waals surface area contributed by atoms with Gasteiger partial charge in [0, 0.05) is 0 Å². The molecule has 1 unspecified atom stereocenters. The molecule has 15 heavy (non-hydrogen) atoms. The highest BCUT2D eigenvalue weighted by atomic mass is 14.0. The average Bonchev–Trinajstić information content (AvgIpc) is 2.21. The second-order valence-corrected chi connectivity index (χ2v) is 5.61. The number of hydrogen-bond acceptors (Lipinski definition) is 0. The molecule has 0 N–H and O–H groups in total. The Morgan fingerprint density at radius 2 is 1.13 bits per heavy atom. The summed E-state index contributed by atoms with van der Waals surface area (Å²) in [6.07, 6.45) is 13.0. The van der Waals surface area contributed by atoms with Crippen LogP contribution in [0.2, 0.25) is 0 Å². The molecule has 1 atom stereocenters. The molecule has 0 aliphatic rings. The van der Waals surface area contributed by atoms with Crippen molar-refractivity contribution in [3.05, 3.63) is 0 Å². The van der Waals surface area contributed by atoms with Crippen LogP contribution in [0.1, 0.15) is 85.5 Å². The fourth-order valence-corrected chi connectivity index (χ4v) is 1.96. The topological polar surface area (TPSA) is 0 Å². The van der Waals surface area contributed by atoms with Gasteiger partial charge in [-0.05, 0) is 11.8 Å². The first-order valence-corrected chi connectivity index (χ1v) is 7.16. The molecule has 0 saturated carbocycles. The minimum absolute atomic E-state index is 0.899. The van der Waals surface area contributed by atoms with E-state index in [0.717, 1.165) is 11.8 Å². The van der Waals surface area contributed by atoms with Crippen molar-refractivity contribution < 1.29 is 0 Å². The number of rotatable bonds is 10. The van der Waals surface area contributed by atoms with Gasteiger partial charge in [0.1, 0.15) is 0 Å². The SMILES string of the molecule is CCC(C)CCCCCCCCC(C)C. The van der Waals surface area contributed by atoms with E-state index in [1.165, 1.54) is 57.8 Å². The molecule has 0 fully saturated rings. The predicted octanol–water partition coefficient (Wildman–Crippen LogP) is 5.81. The van der Waals surface area contributed by atoms with Crippen LogP contribution in [0.3, 0.4) is 0 Å². The fourth-order valence-electron chi connectivity index (χ4n) is 1.96. The first-order chi connectivity index (χ1) is 7.16. The molecule has 0 aromatic rings. The lowest BCUT2D eigenvalue weighted by atomic mass is 9.99. The van der Waals surface area contributed by atoms with Crippen LogP contribution in [0.25, 0.3) is 0 Å². The largest absolute Gasteiger partial charge is 0.0651 e. The van der Waals surface area contributed by atoms with E-state index in [4.69, 9.17) is 0 Å². The van der Waals surface area contributed by atoms with Crippen molar-refractivity contribution in [3.63, 3.8) is 0 Å². The summed E-state index contributed by atoms with van der Waals surface area (Å²) in [6, 6.07) is 0. The third-order valence-electron chi connectivity index (χ3n) is 3.43. The standard InChI is InChI=1S/C15H32/c1-5-15(4)13-11-9-7-6-8-10-12-14(2)3/h14-15H,5-13H2,1-4H3. The molecular formula is C15H32. The van der Waals surface area contributed by atoms with Gasteiger partial charge in [0.25, 0.3) is 0 Å². The van der Waals surface area contributed by atoms with Crippen molar-refractivity contribution in [1.29, 1.82) is 0 Å². The van der Waals surface area contributed by atoms with E-state index in [1.807, 2.05) is 0 Å². The van der Waals surface area contributed by atoms with Gasteiger partial charge in [0.05, 0.1) is 0 Å². The second-order valence-electron chi connectivity index (χ2n) is 5.61. The normalized spacial score (nSPS) is 13.4. The van der Waals surface area contributed by atoms with Crippen molar-refractivity contribution >= 4 is 0 Å². The van der Waals surface area contributed by atoms with Crippen LogP contribution in [0, 0.1) is 11.8 Å². The van der Waals surface area contributed by atoms with Crippen LogP contribution in [0.5, 0.6) is 0 Å². The highest BCUT2D eigenvalue weighted by Crippen LogP contribution is 2.15. The maximum atomic E-state index is 2.38. The van der Waals surface area contributed by atoms with Crippen LogP contribution in [0.4, 0.5) is 0 Å². The molecule has 0 bridgehead atoms. The van der Waals surface area contributed by atoms with Gasteiger partial charge in [-0.15, -0.1) is 0 Å². The summed E-state index contributed by atoms with van der Waals surface area (Å²) < 4.78 is 0. The highest BCUT2D eigenvalue weighted by Gasteiger charge is 1.98. The summed E-state index contributed by atoms with van der Waals surface area (Å²) >= 11 is 0. The molecule has 0 aliphatic carbocycles. The average molecular weight is 212 g/mol. The van der Waals surface area contributed by atoms with Gasteiger partial charge in [0.15, 0.2) is 0 Å². The molecule has 0 spiro atoms. The summed E-state index contributed by atoms with van der Waals surface area (Å²) in [5.41, 5.74) is 0. The van der Waals surface area contributed by atoms with Gasteiger partial charge < -0.3 is 0 Å². The third kappa shape index (κ3) is 11.9. The predicted molar refractivity (Wildman–Crippen MR) is 71.2 cm³/mol. The van der Waals surface area contributed by atoms with Gasteiger partial charge >= 0.3 is 0 Å². The minimum atomic E-state index is 0.899. The molecule has 0 aliphatic heterocycles. The molecule has 0 rings (SSSR count). The molecule has 0 radical (unpaired) electrons. The Morgan fingerprint density at radius 3 is 1.60 bits per heavy atom. The van der Waals surface area contributed by atoms with Crippen LogP contribution < -0.4 is 0 Å². The van der Waals surface area contributed by atoms with Gasteiger partial charge in [0.2, 0.25) is 0 Å². The van der Waals surface area contributed by atoms with Gasteiger partial charge in [-0.25, -0.2) is 0 Å². The van der Waals surface area contributed by atoms with E-state index < -0.39 is 0 Å². The summed E-state index contributed by atoms with van der Waals surface area (Å²) in [6.45, 7) is 9.33. The lowest BCUT2D eigenvalue weighted by Gasteiger charge is -2.07. The zero-order chi connectivity index (χ0) is 11.5. The molecule has 0 aromatic carbocycles. The third-order valence-corrected chi connectivity index (χ3v) is 3.43. The number of hydrogen-bond donors (Lipinski definition) is 0. The van der Waals surface area contributed by atoms with Crippen LogP contribution in [-0.4, -0.2) is 0 Å². The van der Waals surface area contributed by atoms with Gasteiger partial charge in [-0.2, -0.15) is 0 Å². The molecule has 0 aromatic heterocycles. The van der Waals surface area contributed by atoms with E-state index in [0.29, 0.717) is 0 Å². The Hall–Kier alpha value is 0. The van der Waals surface area contributed by atoms with Crippen molar-refractivity contribution in [2.24, 2.45) is 11.8 Å². The van der Waals surface area contributed by atoms with Crippen LogP contribution >= 0.6 is 0 Å². The van der Waals surface area contributed by atoms with Crippen molar-refractivity contribution in [1.82, 2.24) is 0 Å². The Bertz CT molecular complexity index is 115. The lowest BCUT2D eigenvalue weighted by molar-refractivity contribution is 0.464. The second kappa shape index (κ2) is 10.5. The molecular weight excluding hydrogens is 180 g/mol. The van der Waals surface area contributed by atoms with E-state index in [-0.39, 0.29) is 0 Å². The van der Waals surface area contributed by atoms with Crippen LogP contribution in [-0.2, 0) is 0 Å². The lowest BCUT2D eigenvalue weighted by Crippen LogP contribution is -1.91. The summed E-state index contributed by atoms with van der Waals surface area (Å²) in [7, 11) is 0. The molecule has 0 amide bonds. The quantitative estimate of drug-likeness (QED) is 0.401. The molecule has 0 saturated heterocycles. The van der Waals surface area contributed by atoms with Crippen LogP contribution in [0.15, 0.2) is 0 Å². The zero-order valence-electron chi connectivity index (χ0n) is 11.5. The van der Waals surface area contributed by atoms with Crippen molar-refractivity contribution in [3.8, 4) is 0 Å². The molecule has 0 heterocycles. The number of unbranched alkanes of at least 4 members (excludes halogenated alkanes) is 5. The monoisotopic (exact) mass is 212 g/mol. The van der Waals surface area contributed by atoms with Crippen molar-refractivity contribution in [2.45, 2.75) is 85.5 Å². The Labute approximate surface area is 97.8 Å². The maximum Gasteiger partial charge on any atom is -0.0445 e. The van der Waals surface area contributed by atoms with Crippen molar-refractivity contribution in [2.75, 3.05) is 0 Å². The smallest absolute Gasteiger partial charge is 0.0445 e. The highest BCUT2D eigenvalue weighted by molar-refractivity contribution is 4.52. The first-order valence-electron chi connectivity index (χ1n) is 7.16. The Balaban J connectivity index is 2.99.